The summed E-state index contributed by atoms with van der Waals surface area (Å²) in [5.41, 5.74) is 0.844. The molecule has 0 aliphatic rings. The predicted octanol–water partition coefficient (Wildman–Crippen LogP) is 3.11. The first-order valence-electron chi connectivity index (χ1n) is 6.93. The van der Waals surface area contributed by atoms with Gasteiger partial charge >= 0.3 is 0 Å². The SMILES string of the molecule is CC(C)c1noc([C@H](C)n2nnc(-c3ccc(Cl)cc3)n2)n1. The summed E-state index contributed by atoms with van der Waals surface area (Å²) in [6.07, 6.45) is 0. The van der Waals surface area contributed by atoms with Crippen LogP contribution >= 0.6 is 11.6 Å². The van der Waals surface area contributed by atoms with E-state index in [4.69, 9.17) is 16.1 Å². The van der Waals surface area contributed by atoms with Crippen molar-refractivity contribution in [2.75, 3.05) is 0 Å². The van der Waals surface area contributed by atoms with E-state index >= 15 is 0 Å². The van der Waals surface area contributed by atoms with Crippen molar-refractivity contribution < 1.29 is 4.52 Å². The lowest BCUT2D eigenvalue weighted by molar-refractivity contribution is 0.317. The Morgan fingerprint density at radius 1 is 1.14 bits per heavy atom. The lowest BCUT2D eigenvalue weighted by Gasteiger charge is -2.03. The molecule has 0 aliphatic heterocycles. The molecule has 22 heavy (non-hydrogen) atoms. The van der Waals surface area contributed by atoms with Gasteiger partial charge in [-0.1, -0.05) is 30.6 Å². The Bertz CT molecular complexity index is 764. The molecular weight excluding hydrogens is 304 g/mol. The largest absolute Gasteiger partial charge is 0.337 e. The van der Waals surface area contributed by atoms with Crippen molar-refractivity contribution in [2.45, 2.75) is 32.7 Å². The van der Waals surface area contributed by atoms with E-state index in [1.807, 2.05) is 32.9 Å². The Kier molecular flexibility index (Phi) is 3.89. The van der Waals surface area contributed by atoms with E-state index in [2.05, 4.69) is 25.6 Å². The highest BCUT2D eigenvalue weighted by Gasteiger charge is 2.20. The average molecular weight is 319 g/mol. The van der Waals surface area contributed by atoms with Crippen LogP contribution in [0.1, 0.15) is 44.4 Å². The Hall–Kier alpha value is -2.28. The van der Waals surface area contributed by atoms with Crippen LogP contribution in [0.15, 0.2) is 28.8 Å². The van der Waals surface area contributed by atoms with Gasteiger partial charge in [-0.15, -0.1) is 10.2 Å². The molecule has 0 unspecified atom stereocenters. The summed E-state index contributed by atoms with van der Waals surface area (Å²) in [5, 5.41) is 17.1. The standard InChI is InChI=1S/C14H15ClN6O/c1-8(2)12-16-14(22-19-12)9(3)21-18-13(17-20-21)10-4-6-11(15)7-5-10/h4-9H,1-3H3/t9-/m0/s1. The zero-order chi connectivity index (χ0) is 15.7. The van der Waals surface area contributed by atoms with Crippen molar-refractivity contribution in [3.63, 3.8) is 0 Å². The Balaban J connectivity index is 1.84. The number of nitrogens with zero attached hydrogens (tertiary/aromatic N) is 6. The van der Waals surface area contributed by atoms with Crippen molar-refractivity contribution in [2.24, 2.45) is 0 Å². The fraction of sp³-hybridized carbons (Fsp3) is 0.357. The molecule has 2 heterocycles. The molecule has 0 saturated carbocycles. The molecule has 0 saturated heterocycles. The fourth-order valence-corrected chi connectivity index (χ4v) is 1.98. The van der Waals surface area contributed by atoms with Crippen molar-refractivity contribution >= 4 is 11.6 Å². The van der Waals surface area contributed by atoms with E-state index in [9.17, 15) is 0 Å². The smallest absolute Gasteiger partial charge is 0.253 e. The van der Waals surface area contributed by atoms with Gasteiger partial charge in [0.05, 0.1) is 0 Å². The lowest BCUT2D eigenvalue weighted by Crippen LogP contribution is -2.11. The van der Waals surface area contributed by atoms with Crippen LogP contribution in [0, 0.1) is 0 Å². The minimum absolute atomic E-state index is 0.207. The summed E-state index contributed by atoms with van der Waals surface area (Å²) >= 11 is 5.87. The molecule has 0 N–H and O–H groups in total. The Morgan fingerprint density at radius 3 is 2.50 bits per heavy atom. The van der Waals surface area contributed by atoms with Crippen LogP contribution < -0.4 is 0 Å². The average Bonchev–Trinajstić information content (AvgIpc) is 3.17. The van der Waals surface area contributed by atoms with Crippen molar-refractivity contribution in [1.82, 2.24) is 30.3 Å². The monoisotopic (exact) mass is 318 g/mol. The molecule has 8 heteroatoms. The van der Waals surface area contributed by atoms with Gasteiger partial charge in [-0.25, -0.2) is 0 Å². The van der Waals surface area contributed by atoms with E-state index in [1.165, 1.54) is 4.80 Å². The van der Waals surface area contributed by atoms with Gasteiger partial charge in [-0.2, -0.15) is 9.78 Å². The minimum atomic E-state index is -0.284. The molecule has 0 fully saturated rings. The number of aromatic nitrogens is 6. The number of hydrogen-bond acceptors (Lipinski definition) is 6. The van der Waals surface area contributed by atoms with Crippen molar-refractivity contribution in [3.8, 4) is 11.4 Å². The van der Waals surface area contributed by atoms with E-state index < -0.39 is 0 Å². The molecule has 0 bridgehead atoms. The third kappa shape index (κ3) is 2.85. The summed E-state index contributed by atoms with van der Waals surface area (Å²) in [4.78, 5) is 5.82. The van der Waals surface area contributed by atoms with Gasteiger partial charge in [0.25, 0.3) is 5.89 Å². The Labute approximate surface area is 132 Å². The molecule has 0 aliphatic carbocycles. The van der Waals surface area contributed by atoms with Crippen LogP contribution in [0.4, 0.5) is 0 Å². The summed E-state index contributed by atoms with van der Waals surface area (Å²) in [6, 6.07) is 6.98. The number of halogens is 1. The normalized spacial score (nSPS) is 12.8. The first kappa shape index (κ1) is 14.6. The molecule has 7 nitrogen and oxygen atoms in total. The van der Waals surface area contributed by atoms with Gasteiger partial charge in [0, 0.05) is 16.5 Å². The van der Waals surface area contributed by atoms with E-state index in [1.54, 1.807) is 12.1 Å². The third-order valence-electron chi connectivity index (χ3n) is 3.21. The molecule has 0 amide bonds. The molecule has 0 radical (unpaired) electrons. The molecule has 1 atom stereocenters. The van der Waals surface area contributed by atoms with Crippen molar-refractivity contribution in [1.29, 1.82) is 0 Å². The highest BCUT2D eigenvalue weighted by atomic mass is 35.5. The third-order valence-corrected chi connectivity index (χ3v) is 3.46. The molecule has 3 rings (SSSR count). The van der Waals surface area contributed by atoms with Gasteiger partial charge in [0.2, 0.25) is 5.82 Å². The maximum atomic E-state index is 5.87. The minimum Gasteiger partial charge on any atom is -0.337 e. The summed E-state index contributed by atoms with van der Waals surface area (Å²) in [6.45, 7) is 5.89. The maximum absolute atomic E-state index is 5.87. The molecule has 2 aromatic heterocycles. The zero-order valence-corrected chi connectivity index (χ0v) is 13.2. The quantitative estimate of drug-likeness (QED) is 0.735. The maximum Gasteiger partial charge on any atom is 0.253 e. The lowest BCUT2D eigenvalue weighted by atomic mass is 10.2. The van der Waals surface area contributed by atoms with Gasteiger partial charge in [0.15, 0.2) is 5.82 Å². The van der Waals surface area contributed by atoms with E-state index in [0.717, 1.165) is 5.56 Å². The second-order valence-corrected chi connectivity index (χ2v) is 5.70. The van der Waals surface area contributed by atoms with Gasteiger partial charge < -0.3 is 4.52 Å². The number of rotatable bonds is 4. The van der Waals surface area contributed by atoms with Crippen LogP contribution in [0.3, 0.4) is 0 Å². The molecule has 3 aromatic rings. The van der Waals surface area contributed by atoms with Gasteiger partial charge in [-0.3, -0.25) is 0 Å². The summed E-state index contributed by atoms with van der Waals surface area (Å²) < 4.78 is 5.27. The highest BCUT2D eigenvalue weighted by molar-refractivity contribution is 6.30. The molecule has 114 valence electrons. The van der Waals surface area contributed by atoms with Crippen LogP contribution in [-0.4, -0.2) is 30.3 Å². The topological polar surface area (TPSA) is 82.5 Å². The van der Waals surface area contributed by atoms with Crippen LogP contribution in [0.25, 0.3) is 11.4 Å². The molecule has 1 aromatic carbocycles. The Morgan fingerprint density at radius 2 is 1.86 bits per heavy atom. The highest BCUT2D eigenvalue weighted by Crippen LogP contribution is 2.20. The second kappa shape index (κ2) is 5.84. The number of benzene rings is 1. The summed E-state index contributed by atoms with van der Waals surface area (Å²) in [5.74, 6) is 1.86. The van der Waals surface area contributed by atoms with E-state index in [-0.39, 0.29) is 12.0 Å². The van der Waals surface area contributed by atoms with Crippen LogP contribution in [0.5, 0.6) is 0 Å². The van der Waals surface area contributed by atoms with E-state index in [0.29, 0.717) is 22.6 Å². The zero-order valence-electron chi connectivity index (χ0n) is 12.4. The van der Waals surface area contributed by atoms with Gasteiger partial charge in [0.1, 0.15) is 6.04 Å². The van der Waals surface area contributed by atoms with Crippen LogP contribution in [-0.2, 0) is 0 Å². The number of tetrazole rings is 1. The van der Waals surface area contributed by atoms with Gasteiger partial charge in [-0.05, 0) is 36.4 Å². The second-order valence-electron chi connectivity index (χ2n) is 5.26. The summed E-state index contributed by atoms with van der Waals surface area (Å²) in [7, 11) is 0. The number of hydrogen-bond donors (Lipinski definition) is 0. The molecule has 0 spiro atoms. The first-order chi connectivity index (χ1) is 10.5. The molecular formula is C14H15ClN6O. The predicted molar refractivity (Wildman–Crippen MR) is 80.5 cm³/mol. The van der Waals surface area contributed by atoms with Crippen molar-refractivity contribution in [3.05, 3.63) is 41.0 Å². The van der Waals surface area contributed by atoms with Crippen LogP contribution in [0.2, 0.25) is 5.02 Å². The first-order valence-corrected chi connectivity index (χ1v) is 7.31. The fourth-order valence-electron chi connectivity index (χ4n) is 1.85.